The van der Waals surface area contributed by atoms with E-state index in [4.69, 9.17) is 9.47 Å². The highest BCUT2D eigenvalue weighted by Crippen LogP contribution is 2.25. The molecule has 1 aromatic rings. The molecular weight excluding hydrogens is 346 g/mol. The van der Waals surface area contributed by atoms with Crippen molar-refractivity contribution in [1.82, 2.24) is 5.32 Å². The van der Waals surface area contributed by atoms with E-state index in [0.29, 0.717) is 0 Å². The van der Waals surface area contributed by atoms with E-state index in [2.05, 4.69) is 21.2 Å². The lowest BCUT2D eigenvalue weighted by atomic mass is 9.93. The number of alkyl carbamates (subject to hydrolysis) is 1. The third kappa shape index (κ3) is 5.87. The Labute approximate surface area is 140 Å². The first-order valence-electron chi connectivity index (χ1n) is 7.73. The van der Waals surface area contributed by atoms with Crippen molar-refractivity contribution in [2.75, 3.05) is 0 Å². The summed E-state index contributed by atoms with van der Waals surface area (Å²) in [5, 5.41) is 2.94. The van der Waals surface area contributed by atoms with Crippen LogP contribution in [0, 0.1) is 0 Å². The minimum Gasteiger partial charge on any atom is -0.490 e. The van der Waals surface area contributed by atoms with E-state index in [-0.39, 0.29) is 18.2 Å². The van der Waals surface area contributed by atoms with Crippen LogP contribution in [-0.2, 0) is 4.74 Å². The molecule has 122 valence electrons. The second-order valence-electron chi connectivity index (χ2n) is 6.69. The van der Waals surface area contributed by atoms with Crippen LogP contribution in [0.2, 0.25) is 0 Å². The molecule has 2 rings (SSSR count). The molecule has 4 nitrogen and oxygen atoms in total. The van der Waals surface area contributed by atoms with Gasteiger partial charge in [-0.15, -0.1) is 0 Å². The van der Waals surface area contributed by atoms with Gasteiger partial charge in [0.25, 0.3) is 0 Å². The number of ether oxygens (including phenoxy) is 2. The highest BCUT2D eigenvalue weighted by molar-refractivity contribution is 9.10. The number of hydrogen-bond donors (Lipinski definition) is 1. The average Bonchev–Trinajstić information content (AvgIpc) is 2.41. The van der Waals surface area contributed by atoms with Crippen LogP contribution in [0.25, 0.3) is 0 Å². The zero-order valence-corrected chi connectivity index (χ0v) is 15.0. The fraction of sp³-hybridized carbons (Fsp3) is 0.588. The number of halogens is 1. The lowest BCUT2D eigenvalue weighted by molar-refractivity contribution is 0.0471. The molecule has 0 aliphatic heterocycles. The summed E-state index contributed by atoms with van der Waals surface area (Å²) in [5.74, 6) is 0.895. The third-order valence-corrected chi connectivity index (χ3v) is 4.04. The van der Waals surface area contributed by atoms with Crippen molar-refractivity contribution in [1.29, 1.82) is 0 Å². The van der Waals surface area contributed by atoms with Gasteiger partial charge in [0.05, 0.1) is 6.10 Å². The van der Waals surface area contributed by atoms with Gasteiger partial charge in [-0.3, -0.25) is 0 Å². The smallest absolute Gasteiger partial charge is 0.407 e. The van der Waals surface area contributed by atoms with Gasteiger partial charge in [0.15, 0.2) is 0 Å². The van der Waals surface area contributed by atoms with Crippen LogP contribution in [0.3, 0.4) is 0 Å². The molecule has 0 aromatic heterocycles. The Morgan fingerprint density at radius 3 is 2.27 bits per heavy atom. The van der Waals surface area contributed by atoms with Crippen molar-refractivity contribution in [3.8, 4) is 5.75 Å². The first-order valence-corrected chi connectivity index (χ1v) is 8.53. The number of carbonyl (C=O) groups is 1. The van der Waals surface area contributed by atoms with Crippen molar-refractivity contribution in [3.05, 3.63) is 28.7 Å². The van der Waals surface area contributed by atoms with E-state index >= 15 is 0 Å². The molecule has 0 radical (unpaired) electrons. The fourth-order valence-corrected chi connectivity index (χ4v) is 2.77. The lowest BCUT2D eigenvalue weighted by Gasteiger charge is -2.30. The van der Waals surface area contributed by atoms with E-state index in [9.17, 15) is 4.79 Å². The quantitative estimate of drug-likeness (QED) is 0.842. The zero-order valence-electron chi connectivity index (χ0n) is 13.4. The monoisotopic (exact) mass is 369 g/mol. The first kappa shape index (κ1) is 17.1. The van der Waals surface area contributed by atoms with Gasteiger partial charge < -0.3 is 14.8 Å². The van der Waals surface area contributed by atoms with Crippen molar-refractivity contribution in [2.24, 2.45) is 0 Å². The van der Waals surface area contributed by atoms with Crippen LogP contribution in [0.5, 0.6) is 5.75 Å². The summed E-state index contributed by atoms with van der Waals surface area (Å²) >= 11 is 3.41. The Balaban J connectivity index is 1.73. The van der Waals surface area contributed by atoms with Crippen LogP contribution in [0.15, 0.2) is 28.7 Å². The Morgan fingerprint density at radius 1 is 1.14 bits per heavy atom. The fourth-order valence-electron chi connectivity index (χ4n) is 2.50. The largest absolute Gasteiger partial charge is 0.490 e. The summed E-state index contributed by atoms with van der Waals surface area (Å²) in [6, 6.07) is 8.07. The number of nitrogens with one attached hydrogen (secondary N) is 1. The molecule has 5 heteroatoms. The number of carbonyl (C=O) groups excluding carboxylic acids is 1. The van der Waals surface area contributed by atoms with E-state index in [1.54, 1.807) is 0 Å². The molecule has 0 bridgehead atoms. The molecular formula is C17H24BrNO3. The lowest BCUT2D eigenvalue weighted by Crippen LogP contribution is -2.42. The summed E-state index contributed by atoms with van der Waals surface area (Å²) < 4.78 is 12.3. The van der Waals surface area contributed by atoms with E-state index < -0.39 is 5.60 Å². The van der Waals surface area contributed by atoms with E-state index in [1.165, 1.54) is 0 Å². The molecule has 1 saturated carbocycles. The summed E-state index contributed by atoms with van der Waals surface area (Å²) in [5.41, 5.74) is -0.452. The van der Waals surface area contributed by atoms with Gasteiger partial charge in [-0.2, -0.15) is 0 Å². The maximum Gasteiger partial charge on any atom is 0.407 e. The number of benzene rings is 1. The normalized spacial score (nSPS) is 22.0. The van der Waals surface area contributed by atoms with Crippen LogP contribution in [-0.4, -0.2) is 23.8 Å². The minimum absolute atomic E-state index is 0.180. The topological polar surface area (TPSA) is 47.6 Å². The number of amides is 1. The van der Waals surface area contributed by atoms with Gasteiger partial charge in [0, 0.05) is 10.5 Å². The van der Waals surface area contributed by atoms with E-state index in [0.717, 1.165) is 35.9 Å². The highest BCUT2D eigenvalue weighted by Gasteiger charge is 2.25. The molecule has 0 spiro atoms. The van der Waals surface area contributed by atoms with Crippen LogP contribution >= 0.6 is 15.9 Å². The molecule has 1 aliphatic carbocycles. The van der Waals surface area contributed by atoms with Gasteiger partial charge >= 0.3 is 6.09 Å². The maximum absolute atomic E-state index is 11.8. The van der Waals surface area contributed by atoms with Gasteiger partial charge in [-0.25, -0.2) is 4.79 Å². The molecule has 1 fully saturated rings. The first-order chi connectivity index (χ1) is 10.3. The molecule has 1 amide bonds. The van der Waals surface area contributed by atoms with Crippen LogP contribution < -0.4 is 10.1 Å². The predicted octanol–water partition coefficient (Wildman–Crippen LogP) is 4.66. The van der Waals surface area contributed by atoms with Crippen LogP contribution in [0.4, 0.5) is 4.79 Å². The molecule has 0 unspecified atom stereocenters. The Bertz CT molecular complexity index is 488. The molecule has 1 N–H and O–H groups in total. The van der Waals surface area contributed by atoms with Crippen molar-refractivity contribution in [2.45, 2.75) is 64.2 Å². The Kier molecular flexibility index (Phi) is 5.73. The predicted molar refractivity (Wildman–Crippen MR) is 90.2 cm³/mol. The Morgan fingerprint density at radius 2 is 1.73 bits per heavy atom. The summed E-state index contributed by atoms with van der Waals surface area (Å²) in [6.07, 6.45) is 3.61. The van der Waals surface area contributed by atoms with Gasteiger partial charge in [-0.1, -0.05) is 15.9 Å². The second-order valence-corrected chi connectivity index (χ2v) is 7.61. The standard InChI is InChI=1S/C17H24BrNO3/c1-17(2,3)22-16(20)19-13-6-10-15(11-7-13)21-14-8-4-12(18)5-9-14/h4-5,8-9,13,15H,6-7,10-11H2,1-3H3,(H,19,20). The molecule has 0 atom stereocenters. The minimum atomic E-state index is -0.452. The van der Waals surface area contributed by atoms with Gasteiger partial charge in [0.2, 0.25) is 0 Å². The Hall–Kier alpha value is -1.23. The zero-order chi connectivity index (χ0) is 16.2. The van der Waals surface area contributed by atoms with Crippen LogP contribution in [0.1, 0.15) is 46.5 Å². The molecule has 0 saturated heterocycles. The maximum atomic E-state index is 11.8. The SMILES string of the molecule is CC(C)(C)OC(=O)NC1CCC(Oc2ccc(Br)cc2)CC1. The van der Waals surface area contributed by atoms with Crippen molar-refractivity contribution < 1.29 is 14.3 Å². The van der Waals surface area contributed by atoms with Crippen molar-refractivity contribution in [3.63, 3.8) is 0 Å². The highest BCUT2D eigenvalue weighted by atomic mass is 79.9. The number of hydrogen-bond acceptors (Lipinski definition) is 3. The summed E-state index contributed by atoms with van der Waals surface area (Å²) in [7, 11) is 0. The third-order valence-electron chi connectivity index (χ3n) is 3.51. The molecule has 1 aromatic carbocycles. The average molecular weight is 370 g/mol. The summed E-state index contributed by atoms with van der Waals surface area (Å²) in [4.78, 5) is 11.8. The molecule has 0 heterocycles. The number of rotatable bonds is 3. The van der Waals surface area contributed by atoms with Gasteiger partial charge in [0.1, 0.15) is 11.4 Å². The molecule has 1 aliphatic rings. The molecule has 22 heavy (non-hydrogen) atoms. The summed E-state index contributed by atoms with van der Waals surface area (Å²) in [6.45, 7) is 5.61. The second kappa shape index (κ2) is 7.36. The van der Waals surface area contributed by atoms with Crippen molar-refractivity contribution >= 4 is 22.0 Å². The van der Waals surface area contributed by atoms with Gasteiger partial charge in [-0.05, 0) is 70.7 Å². The van der Waals surface area contributed by atoms with E-state index in [1.807, 2.05) is 45.0 Å².